The average Bonchev–Trinajstić information content (AvgIpc) is 2.46. The van der Waals surface area contributed by atoms with Crippen LogP contribution < -0.4 is 16.5 Å². The van der Waals surface area contributed by atoms with Crippen molar-refractivity contribution in [2.24, 2.45) is 10.7 Å². The summed E-state index contributed by atoms with van der Waals surface area (Å²) >= 11 is 0. The van der Waals surface area contributed by atoms with E-state index in [9.17, 15) is 9.90 Å². The summed E-state index contributed by atoms with van der Waals surface area (Å²) in [6, 6.07) is 8.83. The van der Waals surface area contributed by atoms with Gasteiger partial charge in [0.2, 0.25) is 5.96 Å². The molecule has 0 fully saturated rings. The van der Waals surface area contributed by atoms with Crippen LogP contribution in [0, 0.1) is 0 Å². The van der Waals surface area contributed by atoms with Gasteiger partial charge in [-0.2, -0.15) is 0 Å². The number of carboxylic acid groups (broad SMARTS) is 1. The molecule has 0 amide bonds. The summed E-state index contributed by atoms with van der Waals surface area (Å²) in [5, 5.41) is 28.7. The topological polar surface area (TPSA) is 143 Å². The van der Waals surface area contributed by atoms with E-state index >= 15 is 0 Å². The fourth-order valence-electron chi connectivity index (χ4n) is 1.78. The second-order valence-corrected chi connectivity index (χ2v) is 4.57. The van der Waals surface area contributed by atoms with Crippen LogP contribution in [0.1, 0.15) is 18.4 Å². The number of aliphatic imine (C=N–C) groups is 1. The molecule has 0 radical (unpaired) electrons. The Morgan fingerprint density at radius 3 is 2.59 bits per heavy atom. The Morgan fingerprint density at radius 2 is 2.00 bits per heavy atom. The molecule has 1 rings (SSSR count). The third kappa shape index (κ3) is 7.55. The summed E-state index contributed by atoms with van der Waals surface area (Å²) in [5.74, 6) is -1.10. The number of nitrogens with zero attached hydrogens (tertiary/aromatic N) is 2. The molecule has 1 unspecified atom stereocenters. The molecule has 1 aromatic carbocycles. The van der Waals surface area contributed by atoms with Crippen molar-refractivity contribution in [3.05, 3.63) is 35.9 Å². The number of carbonyl (C=O) groups is 1. The number of nitrogens with one attached hydrogen (secondary N) is 2. The molecule has 0 aliphatic rings. The highest BCUT2D eigenvalue weighted by atomic mass is 16.8. The molecular formula is C13H21N5O4. The van der Waals surface area contributed by atoms with Crippen LogP contribution in [-0.4, -0.2) is 45.4 Å². The first kappa shape index (κ1) is 17.9. The summed E-state index contributed by atoms with van der Waals surface area (Å²) in [6.45, 7) is 0.734. The molecule has 0 spiro atoms. The molecule has 0 aromatic heterocycles. The Hall–Kier alpha value is -2.20. The number of carboxylic acids is 1. The predicted molar refractivity (Wildman–Crippen MR) is 79.0 cm³/mol. The summed E-state index contributed by atoms with van der Waals surface area (Å²) in [5.41, 5.74) is 8.28. The fourth-order valence-corrected chi connectivity index (χ4v) is 1.78. The van der Waals surface area contributed by atoms with E-state index in [-0.39, 0.29) is 17.8 Å². The lowest BCUT2D eigenvalue weighted by Gasteiger charge is -2.14. The summed E-state index contributed by atoms with van der Waals surface area (Å²) < 4.78 is 0. The quantitative estimate of drug-likeness (QED) is 0.161. The number of guanidine groups is 1. The van der Waals surface area contributed by atoms with Crippen LogP contribution in [-0.2, 0) is 11.3 Å². The van der Waals surface area contributed by atoms with Gasteiger partial charge in [-0.1, -0.05) is 30.3 Å². The van der Waals surface area contributed by atoms with Crippen molar-refractivity contribution in [1.29, 1.82) is 0 Å². The van der Waals surface area contributed by atoms with Gasteiger partial charge in [0, 0.05) is 18.4 Å². The maximum atomic E-state index is 11.2. The van der Waals surface area contributed by atoms with Crippen molar-refractivity contribution < 1.29 is 20.3 Å². The molecule has 7 N–H and O–H groups in total. The van der Waals surface area contributed by atoms with Crippen molar-refractivity contribution in [3.8, 4) is 0 Å². The molecule has 0 aliphatic carbocycles. The van der Waals surface area contributed by atoms with Gasteiger partial charge >= 0.3 is 5.97 Å². The molecule has 0 bridgehead atoms. The van der Waals surface area contributed by atoms with Crippen LogP contribution in [0.3, 0.4) is 0 Å². The molecule has 9 heteroatoms. The van der Waals surface area contributed by atoms with Gasteiger partial charge in [0.1, 0.15) is 6.04 Å². The smallest absolute Gasteiger partial charge is 0.320 e. The summed E-state index contributed by atoms with van der Waals surface area (Å²) in [6.07, 6.45) is 0.860. The van der Waals surface area contributed by atoms with E-state index in [0.29, 0.717) is 19.4 Å². The van der Waals surface area contributed by atoms with Gasteiger partial charge in [-0.15, -0.1) is 0 Å². The molecule has 0 aliphatic heterocycles. The fraction of sp³-hybridized carbons (Fsp3) is 0.385. The van der Waals surface area contributed by atoms with Crippen molar-refractivity contribution in [2.75, 3.05) is 6.54 Å². The first-order valence-electron chi connectivity index (χ1n) is 6.73. The van der Waals surface area contributed by atoms with Gasteiger partial charge < -0.3 is 16.2 Å². The van der Waals surface area contributed by atoms with Gasteiger partial charge in [0.25, 0.3) is 0 Å². The molecule has 1 atom stereocenters. The first-order valence-corrected chi connectivity index (χ1v) is 6.73. The SMILES string of the molecule is NC(=NCCCC(NCc1ccccc1)C(=O)O)NN(O)O. The van der Waals surface area contributed by atoms with E-state index in [2.05, 4.69) is 10.3 Å². The summed E-state index contributed by atoms with van der Waals surface area (Å²) in [4.78, 5) is 15.0. The van der Waals surface area contributed by atoms with Crippen LogP contribution >= 0.6 is 0 Å². The minimum atomic E-state index is -0.928. The lowest BCUT2D eigenvalue weighted by molar-refractivity contribution is -0.329. The zero-order chi connectivity index (χ0) is 16.4. The van der Waals surface area contributed by atoms with Crippen LogP contribution in [0.15, 0.2) is 35.3 Å². The van der Waals surface area contributed by atoms with Crippen molar-refractivity contribution in [1.82, 2.24) is 16.1 Å². The number of rotatable bonds is 9. The van der Waals surface area contributed by atoms with Crippen molar-refractivity contribution >= 4 is 11.9 Å². The van der Waals surface area contributed by atoms with Crippen LogP contribution in [0.5, 0.6) is 0 Å². The number of hydrogen-bond donors (Lipinski definition) is 6. The molecule has 1 aromatic rings. The monoisotopic (exact) mass is 311 g/mol. The van der Waals surface area contributed by atoms with Gasteiger partial charge in [-0.05, 0) is 18.4 Å². The second kappa shape index (κ2) is 9.68. The van der Waals surface area contributed by atoms with Gasteiger partial charge in [-0.3, -0.25) is 20.2 Å². The van der Waals surface area contributed by atoms with Gasteiger partial charge in [0.15, 0.2) is 0 Å². The predicted octanol–water partition coefficient (Wildman–Crippen LogP) is -0.0907. The van der Waals surface area contributed by atoms with Gasteiger partial charge in [-0.25, -0.2) is 5.43 Å². The Bertz CT molecular complexity index is 481. The molecule has 0 saturated heterocycles. The lowest BCUT2D eigenvalue weighted by atomic mass is 10.1. The highest BCUT2D eigenvalue weighted by Gasteiger charge is 2.15. The van der Waals surface area contributed by atoms with Crippen LogP contribution in [0.25, 0.3) is 0 Å². The number of nitrogens with two attached hydrogens (primary N) is 1. The molecular weight excluding hydrogens is 290 g/mol. The normalized spacial score (nSPS) is 13.1. The highest BCUT2D eigenvalue weighted by molar-refractivity contribution is 5.77. The Morgan fingerprint density at radius 1 is 1.32 bits per heavy atom. The van der Waals surface area contributed by atoms with Crippen molar-refractivity contribution in [3.63, 3.8) is 0 Å². The highest BCUT2D eigenvalue weighted by Crippen LogP contribution is 2.02. The van der Waals surface area contributed by atoms with Crippen LogP contribution in [0.2, 0.25) is 0 Å². The first-order chi connectivity index (χ1) is 10.5. The maximum absolute atomic E-state index is 11.2. The molecule has 0 saturated carbocycles. The molecule has 0 heterocycles. The zero-order valence-corrected chi connectivity index (χ0v) is 12.0. The van der Waals surface area contributed by atoms with Gasteiger partial charge in [0.05, 0.1) is 0 Å². The Labute approximate surface area is 128 Å². The number of benzene rings is 1. The minimum absolute atomic E-state index is 0.172. The number of hydrogen-bond acceptors (Lipinski definition) is 6. The largest absolute Gasteiger partial charge is 0.480 e. The minimum Gasteiger partial charge on any atom is -0.480 e. The lowest BCUT2D eigenvalue weighted by Crippen LogP contribution is -2.42. The Balaban J connectivity index is 2.34. The molecule has 22 heavy (non-hydrogen) atoms. The zero-order valence-electron chi connectivity index (χ0n) is 12.0. The van der Waals surface area contributed by atoms with Crippen molar-refractivity contribution in [2.45, 2.75) is 25.4 Å². The third-order valence-electron chi connectivity index (χ3n) is 2.84. The standard InChI is InChI=1S/C13H21N5O4/c14-13(17-18(21)22)15-8-4-7-11(12(19)20)16-9-10-5-2-1-3-6-10/h1-3,5-6,11,16,21-22H,4,7-9H2,(H,19,20)(H3,14,15,17). The molecule has 9 nitrogen and oxygen atoms in total. The van der Waals surface area contributed by atoms with E-state index in [1.165, 1.54) is 0 Å². The van der Waals surface area contributed by atoms with E-state index in [1.807, 2.05) is 35.8 Å². The van der Waals surface area contributed by atoms with Crippen LogP contribution in [0.4, 0.5) is 0 Å². The maximum Gasteiger partial charge on any atom is 0.320 e. The average molecular weight is 311 g/mol. The number of aliphatic carboxylic acids is 1. The Kier molecular flexibility index (Phi) is 7.86. The summed E-state index contributed by atoms with van der Waals surface area (Å²) in [7, 11) is 0. The third-order valence-corrected chi connectivity index (χ3v) is 2.84. The van der Waals surface area contributed by atoms with E-state index in [4.69, 9.17) is 16.1 Å². The van der Waals surface area contributed by atoms with E-state index < -0.39 is 12.0 Å². The molecule has 122 valence electrons. The second-order valence-electron chi connectivity index (χ2n) is 4.57. The number of hydrazine groups is 1. The van der Waals surface area contributed by atoms with E-state index in [0.717, 1.165) is 5.56 Å². The van der Waals surface area contributed by atoms with E-state index in [1.54, 1.807) is 0 Å².